The van der Waals surface area contributed by atoms with Crippen molar-refractivity contribution < 1.29 is 18.0 Å². The van der Waals surface area contributed by atoms with Gasteiger partial charge in [-0.15, -0.1) is 16.4 Å². The molecule has 0 saturated carbocycles. The predicted octanol–water partition coefficient (Wildman–Crippen LogP) is 4.64. The smallest absolute Gasteiger partial charge is 0.322 e. The Morgan fingerprint density at radius 2 is 2.00 bits per heavy atom. The minimum absolute atomic E-state index is 0.0491. The van der Waals surface area contributed by atoms with Crippen molar-refractivity contribution in [3.63, 3.8) is 0 Å². The molecule has 5 nitrogen and oxygen atoms in total. The maximum Gasteiger partial charge on any atom is 0.322 e. The second-order valence-electron chi connectivity index (χ2n) is 4.23. The highest BCUT2D eigenvalue weighted by atomic mass is 35.5. The summed E-state index contributed by atoms with van der Waals surface area (Å²) in [5.41, 5.74) is 0.0605. The van der Waals surface area contributed by atoms with E-state index in [1.165, 1.54) is 6.07 Å². The maximum atomic E-state index is 13.5. The first kappa shape index (κ1) is 15.9. The van der Waals surface area contributed by atoms with Gasteiger partial charge in [0.05, 0.1) is 15.5 Å². The molecule has 1 aromatic carbocycles. The van der Waals surface area contributed by atoms with Gasteiger partial charge in [-0.3, -0.25) is 10.1 Å². The summed E-state index contributed by atoms with van der Waals surface area (Å²) in [7, 11) is 0. The molecule has 0 fully saturated rings. The van der Waals surface area contributed by atoms with Crippen LogP contribution in [0.2, 0.25) is 8.67 Å². The summed E-state index contributed by atoms with van der Waals surface area (Å²) in [6.45, 7) is 0. The Kier molecular flexibility index (Phi) is 4.29. The topological polar surface area (TPSA) is 68.0 Å². The molecule has 2 aromatic heterocycles. The van der Waals surface area contributed by atoms with Crippen LogP contribution in [0, 0.1) is 11.6 Å². The first-order valence-corrected chi connectivity index (χ1v) is 7.56. The van der Waals surface area contributed by atoms with Gasteiger partial charge < -0.3 is 4.42 Å². The van der Waals surface area contributed by atoms with Gasteiger partial charge in [0, 0.05) is 6.07 Å². The van der Waals surface area contributed by atoms with Crippen molar-refractivity contribution in [3.05, 3.63) is 50.1 Å². The molecule has 2 heterocycles. The van der Waals surface area contributed by atoms with Crippen molar-refractivity contribution >= 4 is 46.5 Å². The number of carbonyl (C=O) groups excluding carboxylic acids is 1. The summed E-state index contributed by atoms with van der Waals surface area (Å²) < 4.78 is 32.4. The Morgan fingerprint density at radius 3 is 2.65 bits per heavy atom. The standard InChI is InChI=1S/C13H5Cl2F2N3O2S/c14-9-4-7(10(15)23-9)12-19-20-13(22-12)18-11(21)6-2-1-5(16)3-8(6)17/h1-4H,(H,18,20,21). The summed E-state index contributed by atoms with van der Waals surface area (Å²) in [5, 5.41) is 9.56. The van der Waals surface area contributed by atoms with E-state index in [1.54, 1.807) is 0 Å². The number of nitrogens with one attached hydrogen (secondary N) is 1. The zero-order chi connectivity index (χ0) is 16.6. The number of amides is 1. The van der Waals surface area contributed by atoms with E-state index in [0.29, 0.717) is 20.3 Å². The molecule has 0 radical (unpaired) electrons. The van der Waals surface area contributed by atoms with Crippen molar-refractivity contribution in [2.45, 2.75) is 0 Å². The lowest BCUT2D eigenvalue weighted by Gasteiger charge is -2.01. The van der Waals surface area contributed by atoms with Crippen LogP contribution >= 0.6 is 34.5 Å². The van der Waals surface area contributed by atoms with Crippen molar-refractivity contribution in [2.75, 3.05) is 5.32 Å². The number of nitrogens with zero attached hydrogens (tertiary/aromatic N) is 2. The first-order valence-electron chi connectivity index (χ1n) is 5.99. The van der Waals surface area contributed by atoms with Crippen LogP contribution in [0.1, 0.15) is 10.4 Å². The molecule has 3 rings (SSSR count). The van der Waals surface area contributed by atoms with Gasteiger partial charge >= 0.3 is 6.01 Å². The highest BCUT2D eigenvalue weighted by Crippen LogP contribution is 2.37. The van der Waals surface area contributed by atoms with E-state index in [9.17, 15) is 13.6 Å². The number of thiophene rings is 1. The predicted molar refractivity (Wildman–Crippen MR) is 81.9 cm³/mol. The van der Waals surface area contributed by atoms with E-state index >= 15 is 0 Å². The van der Waals surface area contributed by atoms with Gasteiger partial charge in [0.2, 0.25) is 0 Å². The van der Waals surface area contributed by atoms with Gasteiger partial charge in [-0.25, -0.2) is 8.78 Å². The van der Waals surface area contributed by atoms with Crippen LogP contribution in [-0.4, -0.2) is 16.1 Å². The van der Waals surface area contributed by atoms with E-state index in [0.717, 1.165) is 23.5 Å². The van der Waals surface area contributed by atoms with Gasteiger partial charge in [0.25, 0.3) is 11.8 Å². The summed E-state index contributed by atoms with van der Waals surface area (Å²) in [5.74, 6) is -2.60. The molecule has 0 spiro atoms. The van der Waals surface area contributed by atoms with E-state index < -0.39 is 17.5 Å². The number of halogens is 4. The van der Waals surface area contributed by atoms with Gasteiger partial charge in [-0.1, -0.05) is 28.3 Å². The van der Waals surface area contributed by atoms with Crippen LogP contribution in [0.25, 0.3) is 11.5 Å². The zero-order valence-electron chi connectivity index (χ0n) is 10.9. The number of carbonyl (C=O) groups is 1. The molecule has 10 heteroatoms. The third kappa shape index (κ3) is 3.34. The van der Waals surface area contributed by atoms with E-state index in [4.69, 9.17) is 27.6 Å². The Labute approximate surface area is 141 Å². The van der Waals surface area contributed by atoms with Gasteiger partial charge in [0.1, 0.15) is 16.0 Å². The van der Waals surface area contributed by atoms with Crippen LogP contribution in [0.3, 0.4) is 0 Å². The van der Waals surface area contributed by atoms with Gasteiger partial charge in [-0.05, 0) is 18.2 Å². The fourth-order valence-corrected chi connectivity index (χ4v) is 3.15. The molecule has 0 bridgehead atoms. The zero-order valence-corrected chi connectivity index (χ0v) is 13.3. The Balaban J connectivity index is 1.81. The van der Waals surface area contributed by atoms with Crippen LogP contribution < -0.4 is 5.32 Å². The molecule has 0 aliphatic rings. The molecule has 0 atom stereocenters. The first-order chi connectivity index (χ1) is 10.9. The summed E-state index contributed by atoms with van der Waals surface area (Å²) in [6, 6.07) is 3.85. The summed E-state index contributed by atoms with van der Waals surface area (Å²) in [6.07, 6.45) is 0. The third-order valence-corrected chi connectivity index (χ3v) is 4.20. The molecule has 23 heavy (non-hydrogen) atoms. The second kappa shape index (κ2) is 6.23. The summed E-state index contributed by atoms with van der Waals surface area (Å²) in [4.78, 5) is 11.9. The Morgan fingerprint density at radius 1 is 1.22 bits per heavy atom. The molecule has 1 N–H and O–H groups in total. The lowest BCUT2D eigenvalue weighted by molar-refractivity contribution is 0.102. The number of aromatic nitrogens is 2. The molecule has 0 aliphatic carbocycles. The van der Waals surface area contributed by atoms with Crippen molar-refractivity contribution in [1.29, 1.82) is 0 Å². The number of hydrogen-bond acceptors (Lipinski definition) is 5. The Hall–Kier alpha value is -2.03. The second-order valence-corrected chi connectivity index (χ2v) is 6.51. The molecule has 118 valence electrons. The number of rotatable bonds is 3. The van der Waals surface area contributed by atoms with Gasteiger partial charge in [-0.2, -0.15) is 0 Å². The van der Waals surface area contributed by atoms with Crippen LogP contribution in [0.15, 0.2) is 28.7 Å². The SMILES string of the molecule is O=C(Nc1nnc(-c2cc(Cl)sc2Cl)o1)c1ccc(F)cc1F. The minimum Gasteiger partial charge on any atom is -0.403 e. The normalized spacial score (nSPS) is 10.8. The average Bonchev–Trinajstić information content (AvgIpc) is 3.05. The largest absolute Gasteiger partial charge is 0.403 e. The average molecular weight is 376 g/mol. The summed E-state index contributed by atoms with van der Waals surface area (Å²) >= 11 is 12.9. The molecular formula is C13H5Cl2F2N3O2S. The molecule has 0 unspecified atom stereocenters. The molecular weight excluding hydrogens is 371 g/mol. The highest BCUT2D eigenvalue weighted by molar-refractivity contribution is 7.20. The fraction of sp³-hybridized carbons (Fsp3) is 0. The molecule has 0 saturated heterocycles. The monoisotopic (exact) mass is 375 g/mol. The minimum atomic E-state index is -1.00. The molecule has 1 amide bonds. The number of hydrogen-bond donors (Lipinski definition) is 1. The molecule has 0 aliphatic heterocycles. The lowest BCUT2D eigenvalue weighted by Crippen LogP contribution is -2.14. The van der Waals surface area contributed by atoms with Crippen LogP contribution in [-0.2, 0) is 0 Å². The maximum absolute atomic E-state index is 13.5. The molecule has 3 aromatic rings. The fourth-order valence-electron chi connectivity index (χ4n) is 1.71. The van der Waals surface area contributed by atoms with E-state index in [1.807, 2.05) is 0 Å². The third-order valence-electron chi connectivity index (χ3n) is 2.71. The van der Waals surface area contributed by atoms with Crippen LogP contribution in [0.5, 0.6) is 0 Å². The van der Waals surface area contributed by atoms with Crippen LogP contribution in [0.4, 0.5) is 14.8 Å². The van der Waals surface area contributed by atoms with Crippen molar-refractivity contribution in [1.82, 2.24) is 10.2 Å². The lowest BCUT2D eigenvalue weighted by atomic mass is 10.2. The van der Waals surface area contributed by atoms with Crippen molar-refractivity contribution in [3.8, 4) is 11.5 Å². The Bertz CT molecular complexity index is 897. The van der Waals surface area contributed by atoms with E-state index in [2.05, 4.69) is 15.5 Å². The number of anilines is 1. The quantitative estimate of drug-likeness (QED) is 0.724. The van der Waals surface area contributed by atoms with Crippen molar-refractivity contribution in [2.24, 2.45) is 0 Å². The highest BCUT2D eigenvalue weighted by Gasteiger charge is 2.18. The number of benzene rings is 1. The van der Waals surface area contributed by atoms with Gasteiger partial charge in [0.15, 0.2) is 0 Å². The van der Waals surface area contributed by atoms with E-state index in [-0.39, 0.29) is 17.5 Å².